The average Bonchev–Trinajstić information content (AvgIpc) is 2.77. The molecule has 1 aliphatic rings. The molecule has 1 heterocycles. The minimum absolute atomic E-state index is 0.297. The van der Waals surface area contributed by atoms with Crippen LogP contribution in [0.4, 0.5) is 5.69 Å². The summed E-state index contributed by atoms with van der Waals surface area (Å²) in [6, 6.07) is 6.25. The summed E-state index contributed by atoms with van der Waals surface area (Å²) in [6.07, 6.45) is 1.08. The van der Waals surface area contributed by atoms with Gasteiger partial charge in [-0.2, -0.15) is 0 Å². The maximum atomic E-state index is 9.12. The van der Waals surface area contributed by atoms with Gasteiger partial charge in [-0.25, -0.2) is 0 Å². The van der Waals surface area contributed by atoms with Crippen molar-refractivity contribution in [3.63, 3.8) is 0 Å². The fourth-order valence-corrected chi connectivity index (χ4v) is 2.28. The Bertz CT molecular complexity index is 365. The lowest BCUT2D eigenvalue weighted by Gasteiger charge is -2.19. The van der Waals surface area contributed by atoms with E-state index in [0.717, 1.165) is 30.8 Å². The van der Waals surface area contributed by atoms with Crippen molar-refractivity contribution >= 4 is 5.69 Å². The van der Waals surface area contributed by atoms with Gasteiger partial charge in [-0.3, -0.25) is 0 Å². The Hall–Kier alpha value is -1.22. The molecule has 1 unspecified atom stereocenters. The highest BCUT2D eigenvalue weighted by Crippen LogP contribution is 2.28. The first-order valence-electron chi connectivity index (χ1n) is 5.75. The molecule has 88 valence electrons. The van der Waals surface area contributed by atoms with Gasteiger partial charge in [0.25, 0.3) is 0 Å². The molecule has 3 heteroatoms. The molecule has 0 bridgehead atoms. The first-order valence-corrected chi connectivity index (χ1v) is 5.75. The summed E-state index contributed by atoms with van der Waals surface area (Å²) < 4.78 is 5.25. The van der Waals surface area contributed by atoms with Gasteiger partial charge >= 0.3 is 0 Å². The highest BCUT2D eigenvalue weighted by Gasteiger charge is 2.22. The number of benzene rings is 1. The fourth-order valence-electron chi connectivity index (χ4n) is 2.28. The van der Waals surface area contributed by atoms with Crippen molar-refractivity contribution in [3.8, 4) is 5.75 Å². The quantitative estimate of drug-likeness (QED) is 0.845. The van der Waals surface area contributed by atoms with E-state index in [1.807, 2.05) is 6.07 Å². The van der Waals surface area contributed by atoms with Crippen molar-refractivity contribution in [2.24, 2.45) is 5.92 Å². The topological polar surface area (TPSA) is 32.7 Å². The van der Waals surface area contributed by atoms with Crippen molar-refractivity contribution in [1.82, 2.24) is 0 Å². The zero-order valence-electron chi connectivity index (χ0n) is 9.94. The standard InChI is InChI=1S/C13H19NO2/c1-10-7-12(3-4-13(10)16-2)14-6-5-11(8-14)9-15/h3-4,7,11,15H,5-6,8-9H2,1-2H3. The van der Waals surface area contributed by atoms with E-state index in [0.29, 0.717) is 12.5 Å². The Balaban J connectivity index is 2.13. The van der Waals surface area contributed by atoms with Gasteiger partial charge in [0, 0.05) is 31.3 Å². The highest BCUT2D eigenvalue weighted by molar-refractivity contribution is 5.53. The summed E-state index contributed by atoms with van der Waals surface area (Å²) >= 11 is 0. The summed E-state index contributed by atoms with van der Waals surface area (Å²) in [5.74, 6) is 1.36. The molecule has 1 aliphatic heterocycles. The third kappa shape index (κ3) is 2.14. The molecule has 1 fully saturated rings. The van der Waals surface area contributed by atoms with Gasteiger partial charge in [-0.1, -0.05) is 0 Å². The third-order valence-corrected chi connectivity index (χ3v) is 3.29. The molecule has 1 aromatic rings. The van der Waals surface area contributed by atoms with Crippen LogP contribution in [0.25, 0.3) is 0 Å². The number of nitrogens with zero attached hydrogens (tertiary/aromatic N) is 1. The number of aliphatic hydroxyl groups is 1. The van der Waals surface area contributed by atoms with Crippen LogP contribution in [0.2, 0.25) is 0 Å². The van der Waals surface area contributed by atoms with Gasteiger partial charge < -0.3 is 14.7 Å². The van der Waals surface area contributed by atoms with Crippen LogP contribution in [0.5, 0.6) is 5.75 Å². The number of aryl methyl sites for hydroxylation is 1. The minimum Gasteiger partial charge on any atom is -0.496 e. The van der Waals surface area contributed by atoms with Crippen LogP contribution in [-0.2, 0) is 0 Å². The van der Waals surface area contributed by atoms with E-state index in [2.05, 4.69) is 24.0 Å². The van der Waals surface area contributed by atoms with Crippen LogP contribution >= 0.6 is 0 Å². The Morgan fingerprint density at radius 2 is 2.31 bits per heavy atom. The SMILES string of the molecule is COc1ccc(N2CCC(CO)C2)cc1C. The molecule has 1 N–H and O–H groups in total. The smallest absolute Gasteiger partial charge is 0.121 e. The molecule has 0 saturated carbocycles. The summed E-state index contributed by atoms with van der Waals surface area (Å²) in [5, 5.41) is 9.12. The third-order valence-electron chi connectivity index (χ3n) is 3.29. The Labute approximate surface area is 96.6 Å². The molecule has 16 heavy (non-hydrogen) atoms. The van der Waals surface area contributed by atoms with E-state index in [1.54, 1.807) is 7.11 Å². The second kappa shape index (κ2) is 4.74. The average molecular weight is 221 g/mol. The molecule has 0 aromatic heterocycles. The van der Waals surface area contributed by atoms with Gasteiger partial charge in [0.2, 0.25) is 0 Å². The lowest BCUT2D eigenvalue weighted by atomic mass is 10.1. The molecule has 1 aromatic carbocycles. The van der Waals surface area contributed by atoms with Crippen LogP contribution < -0.4 is 9.64 Å². The van der Waals surface area contributed by atoms with Gasteiger partial charge in [0.05, 0.1) is 7.11 Å². The second-order valence-electron chi connectivity index (χ2n) is 4.44. The lowest BCUT2D eigenvalue weighted by molar-refractivity contribution is 0.238. The maximum Gasteiger partial charge on any atom is 0.121 e. The number of hydrogen-bond acceptors (Lipinski definition) is 3. The van der Waals surface area contributed by atoms with Gasteiger partial charge in [0.15, 0.2) is 0 Å². The van der Waals surface area contributed by atoms with Crippen molar-refractivity contribution in [3.05, 3.63) is 23.8 Å². The van der Waals surface area contributed by atoms with Gasteiger partial charge in [0.1, 0.15) is 5.75 Å². The monoisotopic (exact) mass is 221 g/mol. The summed E-state index contributed by atoms with van der Waals surface area (Å²) in [5.41, 5.74) is 2.39. The molecule has 1 saturated heterocycles. The Morgan fingerprint density at radius 1 is 1.50 bits per heavy atom. The number of methoxy groups -OCH3 is 1. The normalized spacial score (nSPS) is 20.2. The van der Waals surface area contributed by atoms with E-state index >= 15 is 0 Å². The van der Waals surface area contributed by atoms with E-state index in [4.69, 9.17) is 9.84 Å². The van der Waals surface area contributed by atoms with Crippen LogP contribution in [-0.4, -0.2) is 31.9 Å². The lowest BCUT2D eigenvalue weighted by Crippen LogP contribution is -2.20. The van der Waals surface area contributed by atoms with Crippen LogP contribution in [0, 0.1) is 12.8 Å². The minimum atomic E-state index is 0.297. The number of anilines is 1. The van der Waals surface area contributed by atoms with E-state index in [9.17, 15) is 0 Å². The molecule has 0 aliphatic carbocycles. The molecule has 1 atom stereocenters. The first kappa shape index (κ1) is 11.3. The first-order chi connectivity index (χ1) is 7.74. The Morgan fingerprint density at radius 3 is 2.88 bits per heavy atom. The van der Waals surface area contributed by atoms with Crippen LogP contribution in [0.3, 0.4) is 0 Å². The molecular formula is C13H19NO2. The van der Waals surface area contributed by atoms with Crippen molar-refractivity contribution in [1.29, 1.82) is 0 Å². The van der Waals surface area contributed by atoms with Crippen molar-refractivity contribution < 1.29 is 9.84 Å². The maximum absolute atomic E-state index is 9.12. The predicted octanol–water partition coefficient (Wildman–Crippen LogP) is 1.82. The van der Waals surface area contributed by atoms with Crippen molar-refractivity contribution in [2.75, 3.05) is 31.7 Å². The molecule has 2 rings (SSSR count). The summed E-state index contributed by atoms with van der Waals surface area (Å²) in [4.78, 5) is 2.33. The zero-order chi connectivity index (χ0) is 11.5. The number of aliphatic hydroxyl groups excluding tert-OH is 1. The second-order valence-corrected chi connectivity index (χ2v) is 4.44. The predicted molar refractivity (Wildman–Crippen MR) is 65.1 cm³/mol. The fraction of sp³-hybridized carbons (Fsp3) is 0.538. The summed E-state index contributed by atoms with van der Waals surface area (Å²) in [7, 11) is 1.69. The molecule has 3 nitrogen and oxygen atoms in total. The van der Waals surface area contributed by atoms with E-state index in [1.165, 1.54) is 5.69 Å². The molecule has 0 spiro atoms. The molecule has 0 amide bonds. The number of rotatable bonds is 3. The van der Waals surface area contributed by atoms with Gasteiger partial charge in [-0.05, 0) is 37.1 Å². The molecular weight excluding hydrogens is 202 g/mol. The van der Waals surface area contributed by atoms with Gasteiger partial charge in [-0.15, -0.1) is 0 Å². The van der Waals surface area contributed by atoms with Crippen molar-refractivity contribution in [2.45, 2.75) is 13.3 Å². The largest absolute Gasteiger partial charge is 0.496 e. The highest BCUT2D eigenvalue weighted by atomic mass is 16.5. The number of hydrogen-bond donors (Lipinski definition) is 1. The zero-order valence-corrected chi connectivity index (χ0v) is 9.94. The van der Waals surface area contributed by atoms with Crippen LogP contribution in [0.1, 0.15) is 12.0 Å². The van der Waals surface area contributed by atoms with E-state index in [-0.39, 0.29) is 0 Å². The Kier molecular flexibility index (Phi) is 3.34. The van der Waals surface area contributed by atoms with Crippen LogP contribution in [0.15, 0.2) is 18.2 Å². The molecule has 0 radical (unpaired) electrons. The summed E-state index contributed by atoms with van der Waals surface area (Å²) in [6.45, 7) is 4.35. The van der Waals surface area contributed by atoms with E-state index < -0.39 is 0 Å². The number of ether oxygens (including phenoxy) is 1.